The Morgan fingerprint density at radius 1 is 1.05 bits per heavy atom. The molecule has 2 aromatic heterocycles. The van der Waals surface area contributed by atoms with Crippen LogP contribution in [0.1, 0.15) is 68.2 Å². The van der Waals surface area contributed by atoms with Crippen LogP contribution in [0.25, 0.3) is 0 Å². The monoisotopic (exact) mass is 676 g/mol. The van der Waals surface area contributed by atoms with Crippen LogP contribution < -0.4 is 5.32 Å². The maximum atomic E-state index is 13.3. The van der Waals surface area contributed by atoms with Crippen LogP contribution >= 0.6 is 34.3 Å². The summed E-state index contributed by atoms with van der Waals surface area (Å²) in [6.45, 7) is 12.2. The van der Waals surface area contributed by atoms with Gasteiger partial charge in [0.1, 0.15) is 5.41 Å². The lowest BCUT2D eigenvalue weighted by molar-refractivity contribution is -0.241. The molecule has 0 unspecified atom stereocenters. The Morgan fingerprint density at radius 2 is 1.66 bits per heavy atom. The van der Waals surface area contributed by atoms with Gasteiger partial charge in [-0.25, -0.2) is 4.79 Å². The summed E-state index contributed by atoms with van der Waals surface area (Å²) in [5.41, 5.74) is 0.569. The summed E-state index contributed by atoms with van der Waals surface area (Å²) in [6.07, 6.45) is 3.70. The molecule has 0 bridgehead atoms. The summed E-state index contributed by atoms with van der Waals surface area (Å²) >= 11 is 9.57. The van der Waals surface area contributed by atoms with Crippen molar-refractivity contribution in [1.82, 2.24) is 4.90 Å². The third-order valence-corrected chi connectivity index (χ3v) is 16.4. The van der Waals surface area contributed by atoms with E-state index in [9.17, 15) is 14.8 Å². The van der Waals surface area contributed by atoms with Gasteiger partial charge in [-0.3, -0.25) is 9.68 Å². The number of benzene rings is 1. The normalized spacial score (nSPS) is 17.9. The van der Waals surface area contributed by atoms with Gasteiger partial charge >= 0.3 is 5.97 Å². The molecule has 1 saturated carbocycles. The molecule has 11 heteroatoms. The molecule has 1 aliphatic carbocycles. The number of nitrogens with zero attached hydrogens (tertiary/aromatic N) is 1. The number of hydrogen-bond acceptors (Lipinski definition) is 8. The topological polar surface area (TPSA) is 88.1 Å². The molecule has 0 saturated heterocycles. The molecule has 7 nitrogen and oxygen atoms in total. The molecule has 0 aliphatic heterocycles. The van der Waals surface area contributed by atoms with E-state index in [1.54, 1.807) is 0 Å². The molecule has 0 spiro atoms. The molecule has 4 rings (SSSR count). The van der Waals surface area contributed by atoms with Crippen LogP contribution in [-0.2, 0) is 30.9 Å². The highest BCUT2D eigenvalue weighted by Gasteiger charge is 2.53. The fourth-order valence-electron chi connectivity index (χ4n) is 5.82. The molecular formula is C33H45ClN2O5S2Si. The van der Waals surface area contributed by atoms with Crippen molar-refractivity contribution in [3.8, 4) is 0 Å². The van der Waals surface area contributed by atoms with E-state index < -0.39 is 19.7 Å². The van der Waals surface area contributed by atoms with Crippen LogP contribution in [0.4, 0.5) is 5.69 Å². The van der Waals surface area contributed by atoms with Crippen molar-refractivity contribution in [1.29, 1.82) is 0 Å². The molecule has 44 heavy (non-hydrogen) atoms. The smallest absolute Gasteiger partial charge is 0.358 e. The Morgan fingerprint density at radius 3 is 2.16 bits per heavy atom. The average Bonchev–Trinajstić information content (AvgIpc) is 3.72. The first-order valence-electron chi connectivity index (χ1n) is 15.2. The minimum atomic E-state index is -1.87. The molecule has 0 atom stereocenters. The number of amides is 1. The zero-order chi connectivity index (χ0) is 32.1. The Kier molecular flexibility index (Phi) is 11.5. The molecule has 1 aliphatic rings. The number of hydrogen-bond donors (Lipinski definition) is 2. The van der Waals surface area contributed by atoms with Crippen molar-refractivity contribution in [3.05, 3.63) is 73.6 Å². The van der Waals surface area contributed by atoms with Crippen molar-refractivity contribution in [2.24, 2.45) is 5.92 Å². The first-order valence-corrected chi connectivity index (χ1v) is 20.2. The van der Waals surface area contributed by atoms with E-state index in [4.69, 9.17) is 16.0 Å². The molecule has 2 N–H and O–H groups in total. The second-order valence-corrected chi connectivity index (χ2v) is 20.4. The van der Waals surface area contributed by atoms with E-state index in [2.05, 4.69) is 56.0 Å². The van der Waals surface area contributed by atoms with Gasteiger partial charge in [0, 0.05) is 28.8 Å². The van der Waals surface area contributed by atoms with Gasteiger partial charge in [0.15, 0.2) is 8.32 Å². The Bertz CT molecular complexity index is 1350. The van der Waals surface area contributed by atoms with Gasteiger partial charge in [0.2, 0.25) is 5.91 Å². The highest BCUT2D eigenvalue weighted by atomic mass is 35.5. The highest BCUT2D eigenvalue weighted by molar-refractivity contribution is 7.12. The number of carbonyl (C=O) groups excluding carboxylic acids is 2. The second kappa shape index (κ2) is 14.6. The van der Waals surface area contributed by atoms with E-state index in [1.807, 2.05) is 53.2 Å². The van der Waals surface area contributed by atoms with Crippen molar-refractivity contribution in [3.63, 3.8) is 0 Å². The van der Waals surface area contributed by atoms with Crippen LogP contribution in [0.5, 0.6) is 0 Å². The number of anilines is 1. The Balaban J connectivity index is 1.31. The lowest BCUT2D eigenvalue weighted by atomic mass is 9.66. The summed E-state index contributed by atoms with van der Waals surface area (Å²) in [5, 5.41) is 17.1. The minimum Gasteiger partial charge on any atom is -0.413 e. The van der Waals surface area contributed by atoms with E-state index in [1.165, 1.54) is 22.7 Å². The Labute approximate surface area is 275 Å². The molecule has 2 heterocycles. The fraction of sp³-hybridized carbons (Fsp3) is 0.515. The molecule has 0 radical (unpaired) electrons. The number of halogens is 1. The van der Waals surface area contributed by atoms with Gasteiger partial charge in [-0.1, -0.05) is 50.6 Å². The van der Waals surface area contributed by atoms with Crippen molar-refractivity contribution in [2.75, 3.05) is 18.9 Å². The Hall–Kier alpha value is -2.05. The first-order chi connectivity index (χ1) is 20.8. The van der Waals surface area contributed by atoms with E-state index in [-0.39, 0.29) is 22.9 Å². The summed E-state index contributed by atoms with van der Waals surface area (Å²) in [7, 11) is 0.178. The molecule has 1 fully saturated rings. The first kappa shape index (κ1) is 34.8. The van der Waals surface area contributed by atoms with Gasteiger partial charge in [0.05, 0.1) is 17.3 Å². The van der Waals surface area contributed by atoms with Gasteiger partial charge < -0.3 is 14.6 Å². The predicted octanol–water partition coefficient (Wildman–Crippen LogP) is 8.81. The van der Waals surface area contributed by atoms with Crippen LogP contribution in [0.15, 0.2) is 53.2 Å². The molecule has 3 aromatic rings. The second-order valence-electron chi connectivity index (χ2n) is 13.3. The quantitative estimate of drug-likeness (QED) is 0.113. The summed E-state index contributed by atoms with van der Waals surface area (Å²) < 4.78 is 6.31. The van der Waals surface area contributed by atoms with E-state index >= 15 is 0 Å². The van der Waals surface area contributed by atoms with E-state index in [0.717, 1.165) is 41.0 Å². The third kappa shape index (κ3) is 7.66. The van der Waals surface area contributed by atoms with Crippen LogP contribution in [0, 0.1) is 5.92 Å². The maximum Gasteiger partial charge on any atom is 0.358 e. The van der Waals surface area contributed by atoms with Crippen molar-refractivity contribution in [2.45, 2.75) is 89.1 Å². The molecule has 1 aromatic carbocycles. The summed E-state index contributed by atoms with van der Waals surface area (Å²) in [5.74, 6) is -0.715. The zero-order valence-corrected chi connectivity index (χ0v) is 29.9. The maximum absolute atomic E-state index is 13.3. The standard InChI is InChI=1S/C33H45ClN2O5S2Si/c1-32(2,3)44(5,6)40-22-23-11-16-27(26(34)21-23)35-30(37)17-18-36(4)25-14-12-24(13-15-25)33(31(38)41-39,28-9-7-19-42-28)29-10-8-20-43-29/h7-11,16,19-21,24-25,39H,12-15,17-18,22H2,1-6H3,(H,35,37)/t24-,25-. The highest BCUT2D eigenvalue weighted by Crippen LogP contribution is 2.50. The summed E-state index contributed by atoms with van der Waals surface area (Å²) in [4.78, 5) is 34.6. The average molecular weight is 677 g/mol. The fourth-order valence-corrected chi connectivity index (χ4v) is 9.11. The van der Waals surface area contributed by atoms with Crippen LogP contribution in [0.2, 0.25) is 23.2 Å². The number of thiophene rings is 2. The van der Waals surface area contributed by atoms with E-state index in [0.29, 0.717) is 30.3 Å². The number of carbonyl (C=O) groups is 2. The van der Waals surface area contributed by atoms with Gasteiger partial charge in [-0.15, -0.1) is 22.7 Å². The van der Waals surface area contributed by atoms with Crippen LogP contribution in [-0.4, -0.2) is 50.0 Å². The lowest BCUT2D eigenvalue weighted by Gasteiger charge is -2.42. The number of nitrogens with one attached hydrogen (secondary N) is 1. The predicted molar refractivity (Wildman–Crippen MR) is 183 cm³/mol. The number of rotatable bonds is 12. The zero-order valence-electron chi connectivity index (χ0n) is 26.5. The molecular weight excluding hydrogens is 632 g/mol. The van der Waals surface area contributed by atoms with Crippen molar-refractivity contribution >= 4 is 60.2 Å². The molecule has 1 amide bonds. The van der Waals surface area contributed by atoms with Crippen molar-refractivity contribution < 1.29 is 24.2 Å². The lowest BCUT2D eigenvalue weighted by Crippen LogP contribution is -2.47. The summed E-state index contributed by atoms with van der Waals surface area (Å²) in [6, 6.07) is 13.7. The SMILES string of the molecule is CN(CCC(=O)Nc1ccc(CO[Si](C)(C)C(C)(C)C)cc1Cl)[C@H]1CC[C@H](C(C(=O)OO)(c2cccs2)c2cccs2)CC1. The van der Waals surface area contributed by atoms with Gasteiger partial charge in [-0.2, -0.15) is 5.26 Å². The minimum absolute atomic E-state index is 0.00945. The molecule has 240 valence electrons. The van der Waals surface area contributed by atoms with Gasteiger partial charge in [0.25, 0.3) is 0 Å². The van der Waals surface area contributed by atoms with Crippen LogP contribution in [0.3, 0.4) is 0 Å². The van der Waals surface area contributed by atoms with Gasteiger partial charge in [-0.05, 0) is 97.4 Å². The largest absolute Gasteiger partial charge is 0.413 e. The third-order valence-electron chi connectivity index (χ3n) is 9.56.